The maximum atomic E-state index is 13.0. The molecule has 1 amide bonds. The maximum absolute atomic E-state index is 13.0. The van der Waals surface area contributed by atoms with Gasteiger partial charge in [0.1, 0.15) is 0 Å². The van der Waals surface area contributed by atoms with E-state index in [0.717, 1.165) is 27.7 Å². The molecule has 138 valence electrons. The molecule has 0 unspecified atom stereocenters. The highest BCUT2D eigenvalue weighted by Gasteiger charge is 2.26. The number of benzene rings is 1. The van der Waals surface area contributed by atoms with Crippen molar-refractivity contribution in [3.8, 4) is 11.5 Å². The number of nitrogens with zero attached hydrogens (tertiary/aromatic N) is 3. The molecule has 1 fully saturated rings. The summed E-state index contributed by atoms with van der Waals surface area (Å²) >= 11 is 1.69. The predicted octanol–water partition coefficient (Wildman–Crippen LogP) is 3.24. The first kappa shape index (κ1) is 18.4. The molecule has 0 N–H and O–H groups in total. The van der Waals surface area contributed by atoms with E-state index in [1.165, 1.54) is 0 Å². The van der Waals surface area contributed by atoms with Gasteiger partial charge in [-0.1, -0.05) is 0 Å². The molecule has 1 aliphatic rings. The Morgan fingerprint density at radius 1 is 1.23 bits per heavy atom. The average Bonchev–Trinajstić information content (AvgIpc) is 3.20. The monoisotopic (exact) mass is 373 g/mol. The van der Waals surface area contributed by atoms with E-state index in [1.54, 1.807) is 44.2 Å². The summed E-state index contributed by atoms with van der Waals surface area (Å²) in [5.74, 6) is 2.00. The van der Waals surface area contributed by atoms with Crippen LogP contribution in [0.1, 0.15) is 27.3 Å². The van der Waals surface area contributed by atoms with E-state index in [4.69, 9.17) is 9.47 Å². The molecule has 2 heterocycles. The molecule has 1 aromatic carbocycles. The fourth-order valence-electron chi connectivity index (χ4n) is 3.00. The van der Waals surface area contributed by atoms with Gasteiger partial charge in [0.25, 0.3) is 5.91 Å². The Labute approximate surface area is 157 Å². The van der Waals surface area contributed by atoms with Gasteiger partial charge < -0.3 is 14.4 Å². The highest BCUT2D eigenvalue weighted by Crippen LogP contribution is 2.34. The van der Waals surface area contributed by atoms with Crippen molar-refractivity contribution in [2.24, 2.45) is 7.05 Å². The van der Waals surface area contributed by atoms with Crippen LogP contribution in [0.2, 0.25) is 0 Å². The summed E-state index contributed by atoms with van der Waals surface area (Å²) < 4.78 is 12.4. The Hall–Kier alpha value is -2.41. The van der Waals surface area contributed by atoms with Crippen LogP contribution < -0.4 is 9.47 Å². The molecular weight excluding hydrogens is 350 g/mol. The lowest BCUT2D eigenvalue weighted by atomic mass is 10.1. The standard InChI is InChI=1S/C19H23N3O3S/c1-12-15(13(2)21(3)20-12)11-18-22(8-9-26-18)19(23)14-6-7-16(24-4)17(10-14)25-5/h6-7,10-11H,8-9H2,1-5H3/b18-11+. The van der Waals surface area contributed by atoms with Crippen LogP contribution in [0.3, 0.4) is 0 Å². The molecule has 0 aliphatic carbocycles. The zero-order valence-electron chi connectivity index (χ0n) is 15.7. The molecule has 0 radical (unpaired) electrons. The van der Waals surface area contributed by atoms with Crippen molar-refractivity contribution in [1.29, 1.82) is 0 Å². The van der Waals surface area contributed by atoms with Crippen molar-refractivity contribution in [3.05, 3.63) is 45.7 Å². The van der Waals surface area contributed by atoms with Crippen LogP contribution in [-0.2, 0) is 7.05 Å². The molecule has 3 rings (SSSR count). The van der Waals surface area contributed by atoms with Crippen LogP contribution in [0.4, 0.5) is 0 Å². The van der Waals surface area contributed by atoms with Crippen molar-refractivity contribution in [2.75, 3.05) is 26.5 Å². The largest absolute Gasteiger partial charge is 0.493 e. The number of rotatable bonds is 4. The van der Waals surface area contributed by atoms with E-state index in [1.807, 2.05) is 30.5 Å². The summed E-state index contributed by atoms with van der Waals surface area (Å²) in [5.41, 5.74) is 3.70. The number of ether oxygens (including phenoxy) is 2. The van der Waals surface area contributed by atoms with Gasteiger partial charge in [-0.3, -0.25) is 9.48 Å². The molecular formula is C19H23N3O3S. The van der Waals surface area contributed by atoms with Crippen molar-refractivity contribution in [1.82, 2.24) is 14.7 Å². The molecule has 1 aromatic heterocycles. The van der Waals surface area contributed by atoms with Crippen LogP contribution in [0.25, 0.3) is 6.08 Å². The first-order valence-corrected chi connectivity index (χ1v) is 9.33. The fourth-order valence-corrected chi connectivity index (χ4v) is 4.01. The van der Waals surface area contributed by atoms with E-state index < -0.39 is 0 Å². The topological polar surface area (TPSA) is 56.6 Å². The molecule has 7 heteroatoms. The van der Waals surface area contributed by atoms with Gasteiger partial charge in [-0.25, -0.2) is 0 Å². The number of aryl methyl sites for hydroxylation is 2. The van der Waals surface area contributed by atoms with Gasteiger partial charge in [0.2, 0.25) is 0 Å². The van der Waals surface area contributed by atoms with Crippen molar-refractivity contribution >= 4 is 23.7 Å². The summed E-state index contributed by atoms with van der Waals surface area (Å²) in [6, 6.07) is 5.25. The van der Waals surface area contributed by atoms with E-state index in [2.05, 4.69) is 11.2 Å². The smallest absolute Gasteiger partial charge is 0.258 e. The molecule has 0 saturated carbocycles. The summed E-state index contributed by atoms with van der Waals surface area (Å²) in [6.07, 6.45) is 2.06. The second kappa shape index (κ2) is 7.45. The van der Waals surface area contributed by atoms with E-state index in [0.29, 0.717) is 23.6 Å². The number of carbonyl (C=O) groups is 1. The highest BCUT2D eigenvalue weighted by atomic mass is 32.2. The number of aromatic nitrogens is 2. The Morgan fingerprint density at radius 3 is 2.58 bits per heavy atom. The van der Waals surface area contributed by atoms with Gasteiger partial charge in [0, 0.05) is 36.2 Å². The fraction of sp³-hybridized carbons (Fsp3) is 0.368. The van der Waals surface area contributed by atoms with Gasteiger partial charge in [0.05, 0.1) is 24.9 Å². The molecule has 1 saturated heterocycles. The molecule has 0 atom stereocenters. The van der Waals surface area contributed by atoms with Crippen LogP contribution in [0.15, 0.2) is 23.2 Å². The van der Waals surface area contributed by atoms with Crippen molar-refractivity contribution < 1.29 is 14.3 Å². The maximum Gasteiger partial charge on any atom is 0.258 e. The Bertz CT molecular complexity index is 873. The second-order valence-electron chi connectivity index (χ2n) is 6.07. The first-order valence-electron chi connectivity index (χ1n) is 8.34. The van der Waals surface area contributed by atoms with E-state index >= 15 is 0 Å². The summed E-state index contributed by atoms with van der Waals surface area (Å²) in [5, 5.41) is 5.40. The average molecular weight is 373 g/mol. The van der Waals surface area contributed by atoms with Crippen molar-refractivity contribution in [3.63, 3.8) is 0 Å². The number of methoxy groups -OCH3 is 2. The zero-order chi connectivity index (χ0) is 18.8. The Balaban J connectivity index is 1.93. The van der Waals surface area contributed by atoms with Gasteiger partial charge in [0.15, 0.2) is 11.5 Å². The van der Waals surface area contributed by atoms with E-state index in [-0.39, 0.29) is 5.91 Å². The third kappa shape index (κ3) is 3.31. The highest BCUT2D eigenvalue weighted by molar-refractivity contribution is 8.03. The lowest BCUT2D eigenvalue weighted by molar-refractivity contribution is 0.0830. The van der Waals surface area contributed by atoms with Crippen molar-refractivity contribution in [2.45, 2.75) is 13.8 Å². The lowest BCUT2D eigenvalue weighted by Gasteiger charge is -2.18. The van der Waals surface area contributed by atoms with Crippen LogP contribution >= 0.6 is 11.8 Å². The molecule has 2 aromatic rings. The van der Waals surface area contributed by atoms with E-state index in [9.17, 15) is 4.79 Å². The summed E-state index contributed by atoms with van der Waals surface area (Å²) in [4.78, 5) is 14.9. The quantitative estimate of drug-likeness (QED) is 0.823. The number of amides is 1. The SMILES string of the molecule is COc1ccc(C(=O)N2CCS/C2=C/c2c(C)nn(C)c2C)cc1OC. The zero-order valence-corrected chi connectivity index (χ0v) is 16.5. The van der Waals surface area contributed by atoms with Gasteiger partial charge >= 0.3 is 0 Å². The molecule has 1 aliphatic heterocycles. The van der Waals surface area contributed by atoms with Gasteiger partial charge in [-0.05, 0) is 38.1 Å². The lowest BCUT2D eigenvalue weighted by Crippen LogP contribution is -2.26. The summed E-state index contributed by atoms with van der Waals surface area (Å²) in [7, 11) is 5.08. The normalized spacial score (nSPS) is 15.6. The van der Waals surface area contributed by atoms with Gasteiger partial charge in [-0.15, -0.1) is 11.8 Å². The minimum absolute atomic E-state index is 0.0404. The number of hydrogen-bond donors (Lipinski definition) is 0. The third-order valence-electron chi connectivity index (χ3n) is 4.54. The minimum Gasteiger partial charge on any atom is -0.493 e. The van der Waals surface area contributed by atoms with Crippen LogP contribution in [0, 0.1) is 13.8 Å². The van der Waals surface area contributed by atoms with Crippen LogP contribution in [-0.4, -0.2) is 47.1 Å². The summed E-state index contributed by atoms with van der Waals surface area (Å²) in [6.45, 7) is 4.70. The predicted molar refractivity (Wildman–Crippen MR) is 104 cm³/mol. The van der Waals surface area contributed by atoms with Gasteiger partial charge in [-0.2, -0.15) is 5.10 Å². The number of carbonyl (C=O) groups excluding carboxylic acids is 1. The third-order valence-corrected chi connectivity index (χ3v) is 5.56. The molecule has 0 bridgehead atoms. The molecule has 0 spiro atoms. The Kier molecular flexibility index (Phi) is 5.27. The molecule has 6 nitrogen and oxygen atoms in total. The molecule has 26 heavy (non-hydrogen) atoms. The minimum atomic E-state index is -0.0404. The van der Waals surface area contributed by atoms with Crippen LogP contribution in [0.5, 0.6) is 11.5 Å². The Morgan fingerprint density at radius 2 is 1.96 bits per heavy atom. The first-order chi connectivity index (χ1) is 12.5. The number of thioether (sulfide) groups is 1. The second-order valence-corrected chi connectivity index (χ2v) is 7.18. The number of hydrogen-bond acceptors (Lipinski definition) is 5.